The molecule has 1 aliphatic carbocycles. The molecule has 0 unspecified atom stereocenters. The highest BCUT2D eigenvalue weighted by Crippen LogP contribution is 2.21. The summed E-state index contributed by atoms with van der Waals surface area (Å²) in [6, 6.07) is 0. The summed E-state index contributed by atoms with van der Waals surface area (Å²) >= 11 is 0. The molecule has 1 saturated heterocycles. The van der Waals surface area contributed by atoms with Crippen molar-refractivity contribution in [1.29, 1.82) is 0 Å². The van der Waals surface area contributed by atoms with E-state index in [-0.39, 0.29) is 0 Å². The van der Waals surface area contributed by atoms with E-state index in [4.69, 9.17) is 0 Å². The fourth-order valence-electron chi connectivity index (χ4n) is 3.29. The third-order valence-electron chi connectivity index (χ3n) is 4.46. The van der Waals surface area contributed by atoms with E-state index in [1.165, 1.54) is 90.5 Å². The highest BCUT2D eigenvalue weighted by atomic mass is 15.1. The molecule has 1 aliphatic heterocycles. The van der Waals surface area contributed by atoms with Gasteiger partial charge in [-0.05, 0) is 51.2 Å². The summed E-state index contributed by atoms with van der Waals surface area (Å²) in [6.45, 7) is 6.42. The van der Waals surface area contributed by atoms with Gasteiger partial charge in [-0.2, -0.15) is 0 Å². The second kappa shape index (κ2) is 8.10. The maximum Gasteiger partial charge on any atom is 0.0107 e. The molecule has 0 aromatic carbocycles. The van der Waals surface area contributed by atoms with Crippen LogP contribution in [0, 0.1) is 5.92 Å². The van der Waals surface area contributed by atoms with Crippen LogP contribution in [0.2, 0.25) is 0 Å². The Morgan fingerprint density at radius 1 is 0.824 bits per heavy atom. The van der Waals surface area contributed by atoms with Crippen LogP contribution in [0.1, 0.15) is 57.8 Å². The lowest BCUT2D eigenvalue weighted by Gasteiger charge is -2.26. The lowest BCUT2D eigenvalue weighted by molar-refractivity contribution is 0.227. The van der Waals surface area contributed by atoms with Crippen LogP contribution in [0.3, 0.4) is 0 Å². The van der Waals surface area contributed by atoms with E-state index in [0.29, 0.717) is 0 Å². The monoisotopic (exact) mass is 238 g/mol. The molecular formula is C15H30N2. The third kappa shape index (κ3) is 5.39. The highest BCUT2D eigenvalue weighted by Gasteiger charge is 2.12. The molecule has 2 heteroatoms. The van der Waals surface area contributed by atoms with E-state index < -0.39 is 0 Å². The molecule has 17 heavy (non-hydrogen) atoms. The molecule has 1 saturated carbocycles. The van der Waals surface area contributed by atoms with Gasteiger partial charge in [0.25, 0.3) is 0 Å². The van der Waals surface area contributed by atoms with Crippen LogP contribution in [-0.4, -0.2) is 37.6 Å². The van der Waals surface area contributed by atoms with Gasteiger partial charge in [0.1, 0.15) is 0 Å². The second-order valence-electron chi connectivity index (χ2n) is 5.96. The van der Waals surface area contributed by atoms with E-state index in [2.05, 4.69) is 10.2 Å². The number of rotatable bonds is 5. The smallest absolute Gasteiger partial charge is 0.0107 e. The number of nitrogens with zero attached hydrogens (tertiary/aromatic N) is 1. The zero-order valence-electron chi connectivity index (χ0n) is 11.4. The second-order valence-corrected chi connectivity index (χ2v) is 5.96. The van der Waals surface area contributed by atoms with Crippen LogP contribution >= 0.6 is 0 Å². The van der Waals surface area contributed by atoms with E-state index in [9.17, 15) is 0 Å². The Bertz CT molecular complexity index is 179. The molecule has 0 amide bonds. The summed E-state index contributed by atoms with van der Waals surface area (Å²) in [7, 11) is 0. The number of hydrogen-bond acceptors (Lipinski definition) is 2. The molecule has 1 heterocycles. The molecule has 2 fully saturated rings. The van der Waals surface area contributed by atoms with Crippen LogP contribution < -0.4 is 5.32 Å². The first-order valence-electron chi connectivity index (χ1n) is 7.88. The average molecular weight is 238 g/mol. The van der Waals surface area contributed by atoms with Gasteiger partial charge in [-0.3, -0.25) is 0 Å². The summed E-state index contributed by atoms with van der Waals surface area (Å²) in [6.07, 6.45) is 13.1. The summed E-state index contributed by atoms with van der Waals surface area (Å²) in [5.74, 6) is 0.971. The fraction of sp³-hybridized carbons (Fsp3) is 1.00. The molecule has 0 aromatic heterocycles. The van der Waals surface area contributed by atoms with E-state index >= 15 is 0 Å². The van der Waals surface area contributed by atoms with Gasteiger partial charge >= 0.3 is 0 Å². The normalized spacial score (nSPS) is 24.7. The summed E-state index contributed by atoms with van der Waals surface area (Å²) in [4.78, 5) is 2.63. The van der Waals surface area contributed by atoms with Gasteiger partial charge in [0, 0.05) is 13.1 Å². The third-order valence-corrected chi connectivity index (χ3v) is 4.46. The summed E-state index contributed by atoms with van der Waals surface area (Å²) < 4.78 is 0. The first-order valence-corrected chi connectivity index (χ1v) is 7.88. The maximum atomic E-state index is 3.69. The Morgan fingerprint density at radius 2 is 1.47 bits per heavy atom. The zero-order chi connectivity index (χ0) is 11.8. The Morgan fingerprint density at radius 3 is 2.18 bits per heavy atom. The van der Waals surface area contributed by atoms with E-state index in [1.807, 2.05) is 0 Å². The lowest BCUT2D eigenvalue weighted by atomic mass is 10.0. The molecular weight excluding hydrogens is 208 g/mol. The standard InChI is InChI=1S/C15H30N2/c1-2-5-9-15(8-4-1)14-16-10-13-17-11-6-3-7-12-17/h15-16H,1-14H2. The molecule has 1 N–H and O–H groups in total. The predicted octanol–water partition coefficient (Wildman–Crippen LogP) is 3.03. The predicted molar refractivity (Wildman–Crippen MR) is 74.4 cm³/mol. The van der Waals surface area contributed by atoms with Crippen molar-refractivity contribution in [2.24, 2.45) is 5.92 Å². The zero-order valence-corrected chi connectivity index (χ0v) is 11.4. The molecule has 0 spiro atoms. The van der Waals surface area contributed by atoms with Crippen LogP contribution in [0.25, 0.3) is 0 Å². The van der Waals surface area contributed by atoms with Crippen molar-refractivity contribution in [2.45, 2.75) is 57.8 Å². The van der Waals surface area contributed by atoms with Crippen LogP contribution in [-0.2, 0) is 0 Å². The van der Waals surface area contributed by atoms with Gasteiger partial charge in [0.15, 0.2) is 0 Å². The van der Waals surface area contributed by atoms with Crippen molar-refractivity contribution in [1.82, 2.24) is 10.2 Å². The number of piperidine rings is 1. The molecule has 2 nitrogen and oxygen atoms in total. The fourth-order valence-corrected chi connectivity index (χ4v) is 3.29. The Hall–Kier alpha value is -0.0800. The molecule has 0 atom stereocenters. The van der Waals surface area contributed by atoms with Gasteiger partial charge in [0.2, 0.25) is 0 Å². The first kappa shape index (κ1) is 13.4. The summed E-state index contributed by atoms with van der Waals surface area (Å²) in [5.41, 5.74) is 0. The van der Waals surface area contributed by atoms with Gasteiger partial charge < -0.3 is 10.2 Å². The first-order chi connectivity index (χ1) is 8.45. The highest BCUT2D eigenvalue weighted by molar-refractivity contribution is 4.69. The molecule has 2 rings (SSSR count). The molecule has 0 radical (unpaired) electrons. The number of hydrogen-bond donors (Lipinski definition) is 1. The van der Waals surface area contributed by atoms with E-state index in [1.54, 1.807) is 0 Å². The Labute approximate surface area is 107 Å². The van der Waals surface area contributed by atoms with Gasteiger partial charge in [0.05, 0.1) is 0 Å². The Balaban J connectivity index is 1.49. The molecule has 100 valence electrons. The van der Waals surface area contributed by atoms with Crippen molar-refractivity contribution in [2.75, 3.05) is 32.7 Å². The van der Waals surface area contributed by atoms with Crippen molar-refractivity contribution < 1.29 is 0 Å². The molecule has 2 aliphatic rings. The number of likely N-dealkylation sites (tertiary alicyclic amines) is 1. The van der Waals surface area contributed by atoms with Gasteiger partial charge in [-0.25, -0.2) is 0 Å². The average Bonchev–Trinajstić information content (AvgIpc) is 2.65. The van der Waals surface area contributed by atoms with Crippen LogP contribution in [0.15, 0.2) is 0 Å². The largest absolute Gasteiger partial charge is 0.315 e. The molecule has 0 bridgehead atoms. The van der Waals surface area contributed by atoms with E-state index in [0.717, 1.165) is 5.92 Å². The van der Waals surface area contributed by atoms with Crippen LogP contribution in [0.4, 0.5) is 0 Å². The minimum absolute atomic E-state index is 0.971. The molecule has 0 aromatic rings. The van der Waals surface area contributed by atoms with Crippen molar-refractivity contribution in [3.63, 3.8) is 0 Å². The minimum atomic E-state index is 0.971. The minimum Gasteiger partial charge on any atom is -0.315 e. The Kier molecular flexibility index (Phi) is 6.36. The van der Waals surface area contributed by atoms with Crippen molar-refractivity contribution in [3.05, 3.63) is 0 Å². The van der Waals surface area contributed by atoms with Gasteiger partial charge in [-0.15, -0.1) is 0 Å². The SMILES string of the molecule is C1CCCC(CNCCN2CCCCC2)CC1. The maximum absolute atomic E-state index is 3.69. The summed E-state index contributed by atoms with van der Waals surface area (Å²) in [5, 5.41) is 3.69. The lowest BCUT2D eigenvalue weighted by Crippen LogP contribution is -2.37. The van der Waals surface area contributed by atoms with Crippen LogP contribution in [0.5, 0.6) is 0 Å². The topological polar surface area (TPSA) is 15.3 Å². The quantitative estimate of drug-likeness (QED) is 0.585. The number of nitrogens with one attached hydrogen (secondary N) is 1. The van der Waals surface area contributed by atoms with Gasteiger partial charge in [-0.1, -0.05) is 32.1 Å². The van der Waals surface area contributed by atoms with Crippen molar-refractivity contribution >= 4 is 0 Å². The van der Waals surface area contributed by atoms with Crippen molar-refractivity contribution in [3.8, 4) is 0 Å².